The van der Waals surface area contributed by atoms with E-state index in [1.54, 1.807) is 6.20 Å². The lowest BCUT2D eigenvalue weighted by atomic mass is 10.3. The first-order valence-electron chi connectivity index (χ1n) is 9.30. The first kappa shape index (κ1) is 18.5. The number of carbonyl (C=O) groups excluding carboxylic acids is 1. The van der Waals surface area contributed by atoms with Crippen molar-refractivity contribution in [3.8, 4) is 5.69 Å². The first-order valence-corrected chi connectivity index (χ1v) is 9.68. The Morgan fingerprint density at radius 2 is 1.82 bits per heavy atom. The predicted molar refractivity (Wildman–Crippen MR) is 112 cm³/mol. The Balaban J connectivity index is 1.35. The summed E-state index contributed by atoms with van der Waals surface area (Å²) in [4.78, 5) is 21.2. The number of anilines is 2. The van der Waals surface area contributed by atoms with Crippen molar-refractivity contribution >= 4 is 29.1 Å². The van der Waals surface area contributed by atoms with Gasteiger partial charge in [0.15, 0.2) is 0 Å². The molecule has 3 aromatic rings. The number of hydrogen-bond acceptors (Lipinski definition) is 4. The van der Waals surface area contributed by atoms with E-state index in [0.29, 0.717) is 11.6 Å². The maximum Gasteiger partial charge on any atom is 0.238 e. The van der Waals surface area contributed by atoms with Gasteiger partial charge in [0.2, 0.25) is 11.9 Å². The van der Waals surface area contributed by atoms with Gasteiger partial charge in [0.25, 0.3) is 0 Å². The minimum Gasteiger partial charge on any atom is -0.339 e. The molecule has 144 valence electrons. The minimum atomic E-state index is 0.0140. The summed E-state index contributed by atoms with van der Waals surface area (Å²) in [5.41, 5.74) is 1.82. The number of aromatic nitrogens is 2. The molecule has 0 aliphatic carbocycles. The summed E-state index contributed by atoms with van der Waals surface area (Å²) in [5.74, 6) is 0.913. The highest BCUT2D eigenvalue weighted by molar-refractivity contribution is 6.30. The van der Waals surface area contributed by atoms with E-state index in [0.717, 1.165) is 43.5 Å². The van der Waals surface area contributed by atoms with Gasteiger partial charge in [-0.3, -0.25) is 14.3 Å². The predicted octanol–water partition coefficient (Wildman–Crippen LogP) is 3.29. The molecule has 1 amide bonds. The third-order valence-electron chi connectivity index (χ3n) is 4.79. The minimum absolute atomic E-state index is 0.0140. The summed E-state index contributed by atoms with van der Waals surface area (Å²) in [5, 5.41) is 3.64. The zero-order chi connectivity index (χ0) is 19.3. The fourth-order valence-electron chi connectivity index (χ4n) is 3.39. The summed E-state index contributed by atoms with van der Waals surface area (Å²) in [6.07, 6.45) is 3.75. The van der Waals surface area contributed by atoms with Crippen LogP contribution in [0.5, 0.6) is 0 Å². The van der Waals surface area contributed by atoms with E-state index in [2.05, 4.69) is 20.1 Å². The molecule has 2 heterocycles. The van der Waals surface area contributed by atoms with Gasteiger partial charge in [-0.25, -0.2) is 4.98 Å². The molecular formula is C21H22ClN5O. The third-order valence-corrected chi connectivity index (χ3v) is 5.02. The van der Waals surface area contributed by atoms with Gasteiger partial charge in [-0.1, -0.05) is 35.9 Å². The summed E-state index contributed by atoms with van der Waals surface area (Å²) in [6, 6.07) is 17.3. The molecule has 0 atom stereocenters. The molecule has 28 heavy (non-hydrogen) atoms. The number of halogens is 1. The number of carbonyl (C=O) groups is 1. The van der Waals surface area contributed by atoms with E-state index < -0.39 is 0 Å². The van der Waals surface area contributed by atoms with Gasteiger partial charge in [-0.05, 0) is 30.3 Å². The Bertz CT molecular complexity index is 935. The van der Waals surface area contributed by atoms with Gasteiger partial charge < -0.3 is 10.2 Å². The average Bonchev–Trinajstić information content (AvgIpc) is 3.19. The SMILES string of the molecule is O=C(CN1CCN(c2nccn2-c2cccc(Cl)c2)CC1)Nc1ccccc1. The Kier molecular flexibility index (Phi) is 5.60. The molecule has 6 nitrogen and oxygen atoms in total. The van der Waals surface area contributed by atoms with Crippen LogP contribution in [0.4, 0.5) is 11.6 Å². The summed E-state index contributed by atoms with van der Waals surface area (Å²) in [7, 11) is 0. The standard InChI is InChI=1S/C21H22ClN5O/c22-17-5-4-8-19(15-17)27-10-9-23-21(27)26-13-11-25(12-14-26)16-20(28)24-18-6-2-1-3-7-18/h1-10,15H,11-14,16H2,(H,24,28). The Hall–Kier alpha value is -2.83. The number of amides is 1. The van der Waals surface area contributed by atoms with Gasteiger partial charge in [-0.15, -0.1) is 0 Å². The molecule has 0 unspecified atom stereocenters. The molecule has 7 heteroatoms. The molecule has 0 saturated carbocycles. The quantitative estimate of drug-likeness (QED) is 0.720. The van der Waals surface area contributed by atoms with Crippen LogP contribution in [-0.4, -0.2) is 53.1 Å². The molecule has 0 radical (unpaired) electrons. The maximum atomic E-state index is 12.3. The second-order valence-electron chi connectivity index (χ2n) is 6.75. The smallest absolute Gasteiger partial charge is 0.238 e. The average molecular weight is 396 g/mol. The Labute approximate surface area is 169 Å². The largest absolute Gasteiger partial charge is 0.339 e. The highest BCUT2D eigenvalue weighted by Crippen LogP contribution is 2.22. The number of rotatable bonds is 5. The van der Waals surface area contributed by atoms with Crippen molar-refractivity contribution in [2.75, 3.05) is 42.9 Å². The van der Waals surface area contributed by atoms with Gasteiger partial charge in [0.1, 0.15) is 0 Å². The topological polar surface area (TPSA) is 53.4 Å². The van der Waals surface area contributed by atoms with Gasteiger partial charge in [0.05, 0.1) is 6.54 Å². The van der Waals surface area contributed by atoms with Gasteiger partial charge in [0, 0.05) is 55.0 Å². The highest BCUT2D eigenvalue weighted by atomic mass is 35.5. The normalized spacial score (nSPS) is 14.8. The van der Waals surface area contributed by atoms with Crippen LogP contribution >= 0.6 is 11.6 Å². The monoisotopic (exact) mass is 395 g/mol. The van der Waals surface area contributed by atoms with Crippen LogP contribution in [-0.2, 0) is 4.79 Å². The van der Waals surface area contributed by atoms with Gasteiger partial charge in [-0.2, -0.15) is 0 Å². The van der Waals surface area contributed by atoms with Crippen LogP contribution in [0.2, 0.25) is 5.02 Å². The fraction of sp³-hybridized carbons (Fsp3) is 0.238. The lowest BCUT2D eigenvalue weighted by molar-refractivity contribution is -0.117. The van der Waals surface area contributed by atoms with Crippen LogP contribution in [0.1, 0.15) is 0 Å². The third kappa shape index (κ3) is 4.35. The van der Waals surface area contributed by atoms with Crippen molar-refractivity contribution < 1.29 is 4.79 Å². The van der Waals surface area contributed by atoms with Crippen LogP contribution in [0.15, 0.2) is 67.0 Å². The van der Waals surface area contributed by atoms with Crippen LogP contribution in [0.3, 0.4) is 0 Å². The number of imidazole rings is 1. The molecule has 0 spiro atoms. The first-order chi connectivity index (χ1) is 13.7. The number of hydrogen-bond donors (Lipinski definition) is 1. The van der Waals surface area contributed by atoms with E-state index in [1.807, 2.05) is 65.4 Å². The lowest BCUT2D eigenvalue weighted by Crippen LogP contribution is -2.49. The summed E-state index contributed by atoms with van der Waals surface area (Å²) >= 11 is 6.13. The Morgan fingerprint density at radius 1 is 1.04 bits per heavy atom. The number of nitrogens with one attached hydrogen (secondary N) is 1. The van der Waals surface area contributed by atoms with Crippen LogP contribution in [0.25, 0.3) is 5.69 Å². The van der Waals surface area contributed by atoms with Crippen LogP contribution in [0, 0.1) is 0 Å². The molecule has 0 bridgehead atoms. The molecule has 1 aliphatic heterocycles. The van der Waals surface area contributed by atoms with Crippen molar-refractivity contribution in [2.24, 2.45) is 0 Å². The zero-order valence-electron chi connectivity index (χ0n) is 15.5. The maximum absolute atomic E-state index is 12.3. The number of benzene rings is 2. The molecule has 1 fully saturated rings. The number of para-hydroxylation sites is 1. The van der Waals surface area contributed by atoms with E-state index in [-0.39, 0.29) is 5.91 Å². The molecule has 1 aliphatic rings. The summed E-state index contributed by atoms with van der Waals surface area (Å²) in [6.45, 7) is 3.65. The van der Waals surface area contributed by atoms with E-state index in [1.165, 1.54) is 0 Å². The van der Waals surface area contributed by atoms with Crippen molar-refractivity contribution in [1.29, 1.82) is 0 Å². The van der Waals surface area contributed by atoms with Crippen molar-refractivity contribution in [2.45, 2.75) is 0 Å². The van der Waals surface area contributed by atoms with Crippen molar-refractivity contribution in [3.63, 3.8) is 0 Å². The van der Waals surface area contributed by atoms with Crippen molar-refractivity contribution in [3.05, 3.63) is 72.0 Å². The van der Waals surface area contributed by atoms with E-state index in [4.69, 9.17) is 11.6 Å². The van der Waals surface area contributed by atoms with E-state index in [9.17, 15) is 4.79 Å². The summed E-state index contributed by atoms with van der Waals surface area (Å²) < 4.78 is 2.05. The molecule has 1 N–H and O–H groups in total. The lowest BCUT2D eigenvalue weighted by Gasteiger charge is -2.35. The second-order valence-corrected chi connectivity index (χ2v) is 7.19. The number of piperazine rings is 1. The molecule has 1 saturated heterocycles. The van der Waals surface area contributed by atoms with Crippen molar-refractivity contribution in [1.82, 2.24) is 14.5 Å². The number of nitrogens with zero attached hydrogens (tertiary/aromatic N) is 4. The van der Waals surface area contributed by atoms with Crippen LogP contribution < -0.4 is 10.2 Å². The fourth-order valence-corrected chi connectivity index (χ4v) is 3.57. The highest BCUT2D eigenvalue weighted by Gasteiger charge is 2.22. The molecule has 1 aromatic heterocycles. The molecular weight excluding hydrogens is 374 g/mol. The zero-order valence-corrected chi connectivity index (χ0v) is 16.2. The van der Waals surface area contributed by atoms with E-state index >= 15 is 0 Å². The Morgan fingerprint density at radius 3 is 2.57 bits per heavy atom. The molecule has 4 rings (SSSR count). The second kappa shape index (κ2) is 8.46. The molecule has 2 aromatic carbocycles. The van der Waals surface area contributed by atoms with Gasteiger partial charge >= 0.3 is 0 Å².